The van der Waals surface area contributed by atoms with Crippen LogP contribution in [0.5, 0.6) is 0 Å². The summed E-state index contributed by atoms with van der Waals surface area (Å²) in [7, 11) is 0. The summed E-state index contributed by atoms with van der Waals surface area (Å²) >= 11 is 4.23. The van der Waals surface area contributed by atoms with Crippen molar-refractivity contribution in [2.45, 2.75) is 11.3 Å². The second kappa shape index (κ2) is 4.70. The van der Waals surface area contributed by atoms with E-state index in [-0.39, 0.29) is 11.7 Å². The van der Waals surface area contributed by atoms with E-state index in [4.69, 9.17) is 0 Å². The zero-order chi connectivity index (χ0) is 13.4. The summed E-state index contributed by atoms with van der Waals surface area (Å²) < 4.78 is 13.3. The number of hydrogen-bond acceptors (Lipinski definition) is 2. The lowest BCUT2D eigenvalue weighted by Crippen LogP contribution is -2.28. The average molecular weight is 273 g/mol. The van der Waals surface area contributed by atoms with Crippen molar-refractivity contribution >= 4 is 24.2 Å². The van der Waals surface area contributed by atoms with Crippen LogP contribution in [0.4, 0.5) is 10.1 Å². The first-order valence-corrected chi connectivity index (χ1v) is 6.49. The summed E-state index contributed by atoms with van der Waals surface area (Å²) in [4.78, 5) is 14.8. The molecule has 2 aromatic carbocycles. The molecule has 1 aliphatic heterocycles. The number of carbonyl (C=O) groups excluding carboxylic acids is 1. The summed E-state index contributed by atoms with van der Waals surface area (Å²) in [6.45, 7) is 0.592. The van der Waals surface area contributed by atoms with Crippen LogP contribution in [0.2, 0.25) is 0 Å². The molecule has 0 aromatic heterocycles. The zero-order valence-electron chi connectivity index (χ0n) is 10.1. The molecule has 0 radical (unpaired) electrons. The molecule has 2 nitrogen and oxygen atoms in total. The van der Waals surface area contributed by atoms with Crippen LogP contribution >= 0.6 is 12.6 Å². The maximum atomic E-state index is 13.3. The van der Waals surface area contributed by atoms with Crippen molar-refractivity contribution in [3.05, 3.63) is 59.4 Å². The number of rotatable bonds is 1. The molecule has 0 atom stereocenters. The third-order valence-corrected chi connectivity index (χ3v) is 3.56. The van der Waals surface area contributed by atoms with Crippen LogP contribution in [0.3, 0.4) is 0 Å². The lowest BCUT2D eigenvalue weighted by molar-refractivity contribution is 0.0989. The first kappa shape index (κ1) is 12.2. The molecule has 0 fully saturated rings. The summed E-state index contributed by atoms with van der Waals surface area (Å²) in [5, 5.41) is 0. The Labute approximate surface area is 116 Å². The highest BCUT2D eigenvalue weighted by atomic mass is 32.1. The van der Waals surface area contributed by atoms with E-state index in [9.17, 15) is 9.18 Å². The molecular formula is C15H12FNOS. The standard InChI is InChI=1S/C15H12FNOS/c16-12-5-4-10-6-7-17(14(10)9-12)15(18)11-2-1-3-13(19)8-11/h1-5,8-9,19H,6-7H2. The first-order valence-electron chi connectivity index (χ1n) is 6.04. The number of carbonyl (C=O) groups is 1. The molecule has 2 aromatic rings. The van der Waals surface area contributed by atoms with Crippen molar-refractivity contribution in [3.63, 3.8) is 0 Å². The van der Waals surface area contributed by atoms with Crippen LogP contribution in [0, 0.1) is 5.82 Å². The molecule has 0 N–H and O–H groups in total. The summed E-state index contributed by atoms with van der Waals surface area (Å²) in [5.41, 5.74) is 2.26. The van der Waals surface area contributed by atoms with Crippen molar-refractivity contribution in [1.29, 1.82) is 0 Å². The molecule has 0 spiro atoms. The Balaban J connectivity index is 1.97. The predicted octanol–water partition coefficient (Wildman–Crippen LogP) is 3.32. The van der Waals surface area contributed by atoms with E-state index in [1.165, 1.54) is 12.1 Å². The van der Waals surface area contributed by atoms with E-state index in [1.54, 1.807) is 29.2 Å². The Hall–Kier alpha value is -1.81. The van der Waals surface area contributed by atoms with Gasteiger partial charge in [-0.15, -0.1) is 12.6 Å². The Kier molecular flexibility index (Phi) is 3.03. The van der Waals surface area contributed by atoms with Crippen molar-refractivity contribution in [1.82, 2.24) is 0 Å². The number of halogens is 1. The van der Waals surface area contributed by atoms with Crippen LogP contribution in [-0.4, -0.2) is 12.5 Å². The maximum Gasteiger partial charge on any atom is 0.258 e. The minimum Gasteiger partial charge on any atom is -0.308 e. The highest BCUT2D eigenvalue weighted by molar-refractivity contribution is 7.80. The Morgan fingerprint density at radius 2 is 2.05 bits per heavy atom. The normalized spacial score (nSPS) is 13.5. The van der Waals surface area contributed by atoms with E-state index < -0.39 is 0 Å². The van der Waals surface area contributed by atoms with E-state index >= 15 is 0 Å². The second-order valence-electron chi connectivity index (χ2n) is 4.53. The molecule has 0 bridgehead atoms. The Morgan fingerprint density at radius 3 is 2.84 bits per heavy atom. The van der Waals surface area contributed by atoms with E-state index in [0.29, 0.717) is 17.8 Å². The van der Waals surface area contributed by atoms with Crippen LogP contribution < -0.4 is 4.90 Å². The highest BCUT2D eigenvalue weighted by Crippen LogP contribution is 2.30. The molecule has 1 aliphatic rings. The van der Waals surface area contributed by atoms with Gasteiger partial charge in [-0.2, -0.15) is 0 Å². The van der Waals surface area contributed by atoms with Gasteiger partial charge in [-0.3, -0.25) is 4.79 Å². The minimum atomic E-state index is -0.318. The number of amides is 1. The molecule has 0 saturated heterocycles. The van der Waals surface area contributed by atoms with Gasteiger partial charge in [0.25, 0.3) is 5.91 Å². The van der Waals surface area contributed by atoms with Crippen LogP contribution in [0.1, 0.15) is 15.9 Å². The van der Waals surface area contributed by atoms with Gasteiger partial charge in [0.15, 0.2) is 0 Å². The summed E-state index contributed by atoms with van der Waals surface area (Å²) in [6.07, 6.45) is 0.766. The van der Waals surface area contributed by atoms with Crippen molar-refractivity contribution in [3.8, 4) is 0 Å². The topological polar surface area (TPSA) is 20.3 Å². The molecule has 1 heterocycles. The monoisotopic (exact) mass is 273 g/mol. The predicted molar refractivity (Wildman–Crippen MR) is 75.5 cm³/mol. The van der Waals surface area contributed by atoms with Gasteiger partial charge >= 0.3 is 0 Å². The average Bonchev–Trinajstić information content (AvgIpc) is 2.80. The number of fused-ring (bicyclic) bond motifs is 1. The molecule has 19 heavy (non-hydrogen) atoms. The van der Waals surface area contributed by atoms with Crippen LogP contribution in [0.25, 0.3) is 0 Å². The fraction of sp³-hybridized carbons (Fsp3) is 0.133. The number of hydrogen-bond donors (Lipinski definition) is 1. The third kappa shape index (κ3) is 2.24. The molecule has 0 unspecified atom stereocenters. The largest absolute Gasteiger partial charge is 0.308 e. The number of benzene rings is 2. The maximum absolute atomic E-state index is 13.3. The smallest absolute Gasteiger partial charge is 0.258 e. The van der Waals surface area contributed by atoms with Gasteiger partial charge in [0.1, 0.15) is 5.82 Å². The lowest BCUT2D eigenvalue weighted by atomic mass is 10.1. The van der Waals surface area contributed by atoms with Gasteiger partial charge in [0.05, 0.1) is 5.69 Å². The first-order chi connectivity index (χ1) is 9.15. The second-order valence-corrected chi connectivity index (χ2v) is 5.05. The third-order valence-electron chi connectivity index (χ3n) is 3.28. The Bertz CT molecular complexity index is 656. The number of anilines is 1. The van der Waals surface area contributed by atoms with Gasteiger partial charge in [0, 0.05) is 17.0 Å². The molecule has 0 aliphatic carbocycles. The van der Waals surface area contributed by atoms with Gasteiger partial charge in [0.2, 0.25) is 0 Å². The SMILES string of the molecule is O=C(c1cccc(S)c1)N1CCc2ccc(F)cc21. The highest BCUT2D eigenvalue weighted by Gasteiger charge is 2.25. The molecular weight excluding hydrogens is 261 g/mol. The fourth-order valence-electron chi connectivity index (χ4n) is 2.36. The van der Waals surface area contributed by atoms with Gasteiger partial charge in [-0.05, 0) is 42.3 Å². The molecule has 0 saturated carbocycles. The van der Waals surface area contributed by atoms with E-state index in [2.05, 4.69) is 12.6 Å². The number of thiol groups is 1. The lowest BCUT2D eigenvalue weighted by Gasteiger charge is -2.17. The Morgan fingerprint density at radius 1 is 1.21 bits per heavy atom. The van der Waals surface area contributed by atoms with Gasteiger partial charge < -0.3 is 4.90 Å². The van der Waals surface area contributed by atoms with Crippen molar-refractivity contribution < 1.29 is 9.18 Å². The zero-order valence-corrected chi connectivity index (χ0v) is 11.0. The van der Waals surface area contributed by atoms with E-state index in [1.807, 2.05) is 6.07 Å². The number of nitrogens with zero attached hydrogens (tertiary/aromatic N) is 1. The minimum absolute atomic E-state index is 0.111. The van der Waals surface area contributed by atoms with E-state index in [0.717, 1.165) is 16.9 Å². The fourth-order valence-corrected chi connectivity index (χ4v) is 2.58. The molecule has 96 valence electrons. The summed E-state index contributed by atoms with van der Waals surface area (Å²) in [6, 6.07) is 11.7. The molecule has 3 rings (SSSR count). The quantitative estimate of drug-likeness (QED) is 0.790. The molecule has 4 heteroatoms. The van der Waals surface area contributed by atoms with Crippen molar-refractivity contribution in [2.24, 2.45) is 0 Å². The van der Waals surface area contributed by atoms with Crippen LogP contribution in [-0.2, 0) is 6.42 Å². The van der Waals surface area contributed by atoms with Crippen molar-refractivity contribution in [2.75, 3.05) is 11.4 Å². The van der Waals surface area contributed by atoms with Gasteiger partial charge in [-0.25, -0.2) is 4.39 Å². The molecule has 1 amide bonds. The van der Waals surface area contributed by atoms with Crippen LogP contribution in [0.15, 0.2) is 47.4 Å². The summed E-state index contributed by atoms with van der Waals surface area (Å²) in [5.74, 6) is -0.429. The van der Waals surface area contributed by atoms with Gasteiger partial charge in [-0.1, -0.05) is 12.1 Å².